The summed E-state index contributed by atoms with van der Waals surface area (Å²) >= 11 is 2.01. The summed E-state index contributed by atoms with van der Waals surface area (Å²) in [6, 6.07) is 4.25. The fourth-order valence-electron chi connectivity index (χ4n) is 2.29. The third kappa shape index (κ3) is 2.83. The molecule has 0 aliphatic heterocycles. The monoisotopic (exact) mass is 239 g/mol. The summed E-state index contributed by atoms with van der Waals surface area (Å²) in [6.45, 7) is 4.06. The smallest absolute Gasteiger partial charge is 0.118 e. The third-order valence-electron chi connectivity index (χ3n) is 3.16. The van der Waals surface area contributed by atoms with Crippen LogP contribution in [0, 0.1) is 6.92 Å². The van der Waals surface area contributed by atoms with Gasteiger partial charge in [-0.3, -0.25) is 0 Å². The molecule has 1 saturated carbocycles. The van der Waals surface area contributed by atoms with E-state index in [4.69, 9.17) is 10.2 Å². The molecular weight excluding hydrogens is 218 g/mol. The molecule has 1 fully saturated rings. The van der Waals surface area contributed by atoms with Gasteiger partial charge in [0.1, 0.15) is 11.5 Å². The predicted molar refractivity (Wildman–Crippen MR) is 69.7 cm³/mol. The van der Waals surface area contributed by atoms with Crippen LogP contribution >= 0.6 is 11.8 Å². The Morgan fingerprint density at radius 1 is 1.38 bits per heavy atom. The van der Waals surface area contributed by atoms with E-state index in [0.29, 0.717) is 5.25 Å². The maximum Gasteiger partial charge on any atom is 0.118 e. The Balaban J connectivity index is 2.04. The van der Waals surface area contributed by atoms with Crippen molar-refractivity contribution in [1.29, 1.82) is 0 Å². The first-order chi connectivity index (χ1) is 7.66. The van der Waals surface area contributed by atoms with Crippen molar-refractivity contribution in [2.24, 2.45) is 5.73 Å². The maximum absolute atomic E-state index is 6.08. The average molecular weight is 239 g/mol. The van der Waals surface area contributed by atoms with Crippen LogP contribution < -0.4 is 5.73 Å². The molecule has 1 aromatic rings. The maximum atomic E-state index is 6.08. The van der Waals surface area contributed by atoms with Crippen molar-refractivity contribution in [3.05, 3.63) is 23.7 Å². The standard InChI is InChI=1S/C13H21NOS/c1-9-7-8-12(15-9)13(10(2)14)16-11-5-3-4-6-11/h7-8,10-11,13H,3-6,14H2,1-2H3. The quantitative estimate of drug-likeness (QED) is 0.871. The zero-order valence-electron chi connectivity index (χ0n) is 10.1. The predicted octanol–water partition coefficient (Wildman–Crippen LogP) is 3.65. The van der Waals surface area contributed by atoms with E-state index >= 15 is 0 Å². The normalized spacial score (nSPS) is 21.2. The Labute approximate surface area is 102 Å². The van der Waals surface area contributed by atoms with E-state index in [1.165, 1.54) is 25.7 Å². The molecule has 1 heterocycles. The summed E-state index contributed by atoms with van der Waals surface area (Å²) in [5.41, 5.74) is 6.08. The Bertz CT molecular complexity index is 328. The molecule has 1 aromatic heterocycles. The lowest BCUT2D eigenvalue weighted by molar-refractivity contribution is 0.464. The third-order valence-corrected chi connectivity index (χ3v) is 4.97. The fourth-order valence-corrected chi connectivity index (χ4v) is 3.82. The van der Waals surface area contributed by atoms with Crippen molar-refractivity contribution in [1.82, 2.24) is 0 Å². The summed E-state index contributed by atoms with van der Waals surface area (Å²) < 4.78 is 5.72. The molecule has 90 valence electrons. The molecule has 2 nitrogen and oxygen atoms in total. The van der Waals surface area contributed by atoms with E-state index in [1.807, 2.05) is 24.8 Å². The van der Waals surface area contributed by atoms with Gasteiger partial charge in [-0.25, -0.2) is 0 Å². The van der Waals surface area contributed by atoms with E-state index in [0.717, 1.165) is 16.8 Å². The molecule has 3 heteroatoms. The topological polar surface area (TPSA) is 39.2 Å². The van der Waals surface area contributed by atoms with Crippen LogP contribution in [0.4, 0.5) is 0 Å². The van der Waals surface area contributed by atoms with E-state index < -0.39 is 0 Å². The Hall–Kier alpha value is -0.410. The van der Waals surface area contributed by atoms with Gasteiger partial charge in [0.2, 0.25) is 0 Å². The largest absolute Gasteiger partial charge is 0.465 e. The minimum atomic E-state index is 0.149. The van der Waals surface area contributed by atoms with Crippen LogP contribution in [0.15, 0.2) is 16.5 Å². The summed E-state index contributed by atoms with van der Waals surface area (Å²) in [5.74, 6) is 2.03. The molecule has 16 heavy (non-hydrogen) atoms. The van der Waals surface area contributed by atoms with Crippen molar-refractivity contribution >= 4 is 11.8 Å². The Morgan fingerprint density at radius 2 is 2.06 bits per heavy atom. The van der Waals surface area contributed by atoms with Gasteiger partial charge in [-0.15, -0.1) is 11.8 Å². The molecule has 0 radical (unpaired) electrons. The molecule has 2 unspecified atom stereocenters. The van der Waals surface area contributed by atoms with Gasteiger partial charge in [-0.2, -0.15) is 0 Å². The van der Waals surface area contributed by atoms with E-state index in [1.54, 1.807) is 0 Å². The number of hydrogen-bond acceptors (Lipinski definition) is 3. The van der Waals surface area contributed by atoms with E-state index in [9.17, 15) is 0 Å². The van der Waals surface area contributed by atoms with Crippen molar-refractivity contribution in [2.45, 2.75) is 56.1 Å². The molecule has 0 bridgehead atoms. The molecule has 0 amide bonds. The zero-order valence-corrected chi connectivity index (χ0v) is 10.9. The van der Waals surface area contributed by atoms with Crippen LogP contribution in [0.3, 0.4) is 0 Å². The van der Waals surface area contributed by atoms with Crippen LogP contribution in [0.5, 0.6) is 0 Å². The van der Waals surface area contributed by atoms with Gasteiger partial charge in [-0.05, 0) is 38.8 Å². The molecule has 1 aliphatic rings. The highest BCUT2D eigenvalue weighted by atomic mass is 32.2. The summed E-state index contributed by atoms with van der Waals surface area (Å²) in [7, 11) is 0. The first kappa shape index (κ1) is 12.1. The average Bonchev–Trinajstić information content (AvgIpc) is 2.84. The second-order valence-corrected chi connectivity index (χ2v) is 6.22. The molecule has 0 spiro atoms. The first-order valence-corrected chi connectivity index (χ1v) is 7.08. The number of aryl methyl sites for hydroxylation is 1. The van der Waals surface area contributed by atoms with Crippen LogP contribution in [0.25, 0.3) is 0 Å². The number of nitrogens with two attached hydrogens (primary N) is 1. The van der Waals surface area contributed by atoms with Crippen LogP contribution in [0.1, 0.15) is 49.4 Å². The highest BCUT2D eigenvalue weighted by Crippen LogP contribution is 2.41. The Morgan fingerprint density at radius 3 is 2.56 bits per heavy atom. The van der Waals surface area contributed by atoms with Crippen LogP contribution in [0.2, 0.25) is 0 Å². The van der Waals surface area contributed by atoms with Crippen molar-refractivity contribution in [3.63, 3.8) is 0 Å². The van der Waals surface area contributed by atoms with Gasteiger partial charge >= 0.3 is 0 Å². The number of hydrogen-bond donors (Lipinski definition) is 1. The molecule has 0 aromatic carbocycles. The minimum absolute atomic E-state index is 0.149. The summed E-state index contributed by atoms with van der Waals surface area (Å²) in [5, 5.41) is 1.10. The molecule has 2 rings (SSSR count). The fraction of sp³-hybridized carbons (Fsp3) is 0.692. The number of thioether (sulfide) groups is 1. The van der Waals surface area contributed by atoms with Gasteiger partial charge in [0.05, 0.1) is 5.25 Å². The van der Waals surface area contributed by atoms with Gasteiger partial charge in [0, 0.05) is 11.3 Å². The minimum Gasteiger partial charge on any atom is -0.465 e. The number of furan rings is 1. The van der Waals surface area contributed by atoms with Crippen molar-refractivity contribution in [3.8, 4) is 0 Å². The molecule has 2 N–H and O–H groups in total. The van der Waals surface area contributed by atoms with Gasteiger partial charge in [0.15, 0.2) is 0 Å². The van der Waals surface area contributed by atoms with Gasteiger partial charge in [-0.1, -0.05) is 12.8 Å². The second kappa shape index (κ2) is 5.28. The Kier molecular flexibility index (Phi) is 3.98. The van der Waals surface area contributed by atoms with Gasteiger partial charge < -0.3 is 10.2 Å². The lowest BCUT2D eigenvalue weighted by atomic mass is 10.2. The lowest BCUT2D eigenvalue weighted by Crippen LogP contribution is -2.23. The molecular formula is C13H21NOS. The SMILES string of the molecule is Cc1ccc(C(SC2CCCC2)C(C)N)o1. The van der Waals surface area contributed by atoms with E-state index in [-0.39, 0.29) is 6.04 Å². The summed E-state index contributed by atoms with van der Waals surface area (Å²) in [4.78, 5) is 0. The molecule has 0 saturated heterocycles. The number of rotatable bonds is 4. The summed E-state index contributed by atoms with van der Waals surface area (Å²) in [6.07, 6.45) is 5.43. The van der Waals surface area contributed by atoms with Gasteiger partial charge in [0.25, 0.3) is 0 Å². The molecule has 2 atom stereocenters. The lowest BCUT2D eigenvalue weighted by Gasteiger charge is -2.21. The highest BCUT2D eigenvalue weighted by Gasteiger charge is 2.26. The van der Waals surface area contributed by atoms with Crippen LogP contribution in [-0.4, -0.2) is 11.3 Å². The first-order valence-electron chi connectivity index (χ1n) is 6.14. The van der Waals surface area contributed by atoms with E-state index in [2.05, 4.69) is 13.0 Å². The zero-order chi connectivity index (χ0) is 11.5. The van der Waals surface area contributed by atoms with Crippen molar-refractivity contribution < 1.29 is 4.42 Å². The highest BCUT2D eigenvalue weighted by molar-refractivity contribution is 8.00. The van der Waals surface area contributed by atoms with Crippen molar-refractivity contribution in [2.75, 3.05) is 0 Å². The second-order valence-electron chi connectivity index (χ2n) is 4.77. The molecule has 1 aliphatic carbocycles. The van der Waals surface area contributed by atoms with Crippen LogP contribution in [-0.2, 0) is 0 Å².